The van der Waals surface area contributed by atoms with E-state index in [1.54, 1.807) is 6.92 Å². The molecular formula is C10H18N4O2. The first-order chi connectivity index (χ1) is 7.56. The third-order valence-electron chi connectivity index (χ3n) is 2.89. The third-order valence-corrected chi connectivity index (χ3v) is 2.89. The van der Waals surface area contributed by atoms with E-state index in [2.05, 4.69) is 10.2 Å². The van der Waals surface area contributed by atoms with Gasteiger partial charge in [-0.25, -0.2) is 0 Å². The summed E-state index contributed by atoms with van der Waals surface area (Å²) >= 11 is 0. The zero-order valence-corrected chi connectivity index (χ0v) is 9.63. The van der Waals surface area contributed by atoms with Gasteiger partial charge in [-0.05, 0) is 25.7 Å². The molecule has 6 nitrogen and oxygen atoms in total. The summed E-state index contributed by atoms with van der Waals surface area (Å²) in [6.45, 7) is 2.64. The fourth-order valence-corrected chi connectivity index (χ4v) is 1.88. The van der Waals surface area contributed by atoms with E-state index in [1.165, 1.54) is 0 Å². The normalized spacial score (nSPS) is 26.2. The second-order valence-electron chi connectivity index (χ2n) is 4.58. The Bertz CT molecular complexity index is 346. The van der Waals surface area contributed by atoms with E-state index >= 15 is 0 Å². The van der Waals surface area contributed by atoms with Crippen molar-refractivity contribution in [2.75, 3.05) is 18.5 Å². The van der Waals surface area contributed by atoms with Gasteiger partial charge in [0.1, 0.15) is 0 Å². The highest BCUT2D eigenvalue weighted by Gasteiger charge is 2.29. The lowest BCUT2D eigenvalue weighted by molar-refractivity contribution is 0.0461. The summed E-state index contributed by atoms with van der Waals surface area (Å²) in [5.41, 5.74) is 5.64. The van der Waals surface area contributed by atoms with Crippen LogP contribution in [0.25, 0.3) is 0 Å². The Morgan fingerprint density at radius 1 is 1.56 bits per heavy atom. The molecule has 0 aromatic carbocycles. The Morgan fingerprint density at radius 2 is 2.25 bits per heavy atom. The SMILES string of the molecule is CC(N)c1nnc(N(C)CC2CC(O)C2)o1. The van der Waals surface area contributed by atoms with Gasteiger partial charge >= 0.3 is 6.01 Å². The lowest BCUT2D eigenvalue weighted by Crippen LogP contribution is -2.37. The van der Waals surface area contributed by atoms with Crippen LogP contribution in [0.3, 0.4) is 0 Å². The van der Waals surface area contributed by atoms with Crippen LogP contribution in [0.4, 0.5) is 6.01 Å². The molecule has 2 rings (SSSR count). The Morgan fingerprint density at radius 3 is 2.75 bits per heavy atom. The summed E-state index contributed by atoms with van der Waals surface area (Å²) in [6, 6.07) is 0.258. The molecule has 1 unspecified atom stereocenters. The zero-order chi connectivity index (χ0) is 11.7. The van der Waals surface area contributed by atoms with Crippen LogP contribution < -0.4 is 10.6 Å². The predicted molar refractivity (Wildman–Crippen MR) is 58.9 cm³/mol. The Labute approximate surface area is 94.4 Å². The summed E-state index contributed by atoms with van der Waals surface area (Å²) in [6.07, 6.45) is 1.60. The van der Waals surface area contributed by atoms with Gasteiger partial charge in [0.15, 0.2) is 0 Å². The van der Waals surface area contributed by atoms with E-state index in [1.807, 2.05) is 11.9 Å². The molecule has 1 atom stereocenters. The molecule has 1 aromatic rings. The first-order valence-corrected chi connectivity index (χ1v) is 5.54. The maximum absolute atomic E-state index is 9.19. The summed E-state index contributed by atoms with van der Waals surface area (Å²) in [5, 5.41) is 17.0. The third kappa shape index (κ3) is 2.33. The van der Waals surface area contributed by atoms with Crippen LogP contribution in [-0.4, -0.2) is 35.0 Å². The minimum Gasteiger partial charge on any atom is -0.406 e. The van der Waals surface area contributed by atoms with E-state index in [4.69, 9.17) is 10.2 Å². The molecule has 1 aliphatic carbocycles. The highest BCUT2D eigenvalue weighted by molar-refractivity contribution is 5.22. The number of rotatable bonds is 4. The van der Waals surface area contributed by atoms with Crippen LogP contribution in [0.15, 0.2) is 4.42 Å². The van der Waals surface area contributed by atoms with Crippen LogP contribution in [0, 0.1) is 5.92 Å². The lowest BCUT2D eigenvalue weighted by Gasteiger charge is -2.33. The Balaban J connectivity index is 1.90. The van der Waals surface area contributed by atoms with Crippen molar-refractivity contribution >= 4 is 6.01 Å². The summed E-state index contributed by atoms with van der Waals surface area (Å²) in [7, 11) is 1.91. The van der Waals surface area contributed by atoms with Crippen LogP contribution in [-0.2, 0) is 0 Å². The standard InChI is InChI=1S/C10H18N4O2/c1-6(11)9-12-13-10(16-9)14(2)5-7-3-8(15)4-7/h6-8,15H,3-5,11H2,1-2H3. The molecule has 0 saturated heterocycles. The molecule has 1 aromatic heterocycles. The van der Waals surface area contributed by atoms with Gasteiger partial charge in [0, 0.05) is 13.6 Å². The molecule has 90 valence electrons. The average molecular weight is 226 g/mol. The average Bonchev–Trinajstić information content (AvgIpc) is 2.63. The Hall–Kier alpha value is -1.14. The van der Waals surface area contributed by atoms with Crippen molar-refractivity contribution in [1.82, 2.24) is 10.2 Å². The van der Waals surface area contributed by atoms with Gasteiger partial charge in [0.05, 0.1) is 12.1 Å². The van der Waals surface area contributed by atoms with Gasteiger partial charge in [-0.3, -0.25) is 0 Å². The maximum atomic E-state index is 9.19. The maximum Gasteiger partial charge on any atom is 0.317 e. The lowest BCUT2D eigenvalue weighted by atomic mass is 9.82. The molecule has 0 radical (unpaired) electrons. The number of anilines is 1. The van der Waals surface area contributed by atoms with Crippen molar-refractivity contribution in [2.24, 2.45) is 11.7 Å². The highest BCUT2D eigenvalue weighted by atomic mass is 16.4. The highest BCUT2D eigenvalue weighted by Crippen LogP contribution is 2.28. The van der Waals surface area contributed by atoms with E-state index in [9.17, 15) is 5.11 Å². The van der Waals surface area contributed by atoms with Crippen molar-refractivity contribution in [3.05, 3.63) is 5.89 Å². The van der Waals surface area contributed by atoms with Crippen molar-refractivity contribution in [2.45, 2.75) is 31.9 Å². The molecule has 0 aliphatic heterocycles. The van der Waals surface area contributed by atoms with Gasteiger partial charge in [-0.1, -0.05) is 5.10 Å². The van der Waals surface area contributed by atoms with E-state index in [-0.39, 0.29) is 12.1 Å². The number of aromatic nitrogens is 2. The molecule has 0 bridgehead atoms. The van der Waals surface area contributed by atoms with Crippen molar-refractivity contribution in [1.29, 1.82) is 0 Å². The number of nitrogens with zero attached hydrogens (tertiary/aromatic N) is 3. The largest absolute Gasteiger partial charge is 0.406 e. The number of aliphatic hydroxyl groups excluding tert-OH is 1. The molecule has 1 fully saturated rings. The quantitative estimate of drug-likeness (QED) is 0.767. The molecule has 0 spiro atoms. The van der Waals surface area contributed by atoms with Gasteiger partial charge in [-0.2, -0.15) is 0 Å². The number of hydrogen-bond acceptors (Lipinski definition) is 6. The number of hydrogen-bond donors (Lipinski definition) is 2. The molecule has 1 aliphatic rings. The second kappa shape index (κ2) is 4.39. The predicted octanol–water partition coefficient (Wildman–Crippen LogP) is 0.296. The van der Waals surface area contributed by atoms with Gasteiger partial charge < -0.3 is 20.2 Å². The molecular weight excluding hydrogens is 208 g/mol. The van der Waals surface area contributed by atoms with Crippen molar-refractivity contribution in [3.63, 3.8) is 0 Å². The summed E-state index contributed by atoms with van der Waals surface area (Å²) in [4.78, 5) is 1.91. The van der Waals surface area contributed by atoms with Crippen molar-refractivity contribution < 1.29 is 9.52 Å². The second-order valence-corrected chi connectivity index (χ2v) is 4.58. The fraction of sp³-hybridized carbons (Fsp3) is 0.800. The smallest absolute Gasteiger partial charge is 0.317 e. The van der Waals surface area contributed by atoms with Crippen LogP contribution in [0.5, 0.6) is 0 Å². The van der Waals surface area contributed by atoms with Crippen LogP contribution in [0.1, 0.15) is 31.7 Å². The van der Waals surface area contributed by atoms with Gasteiger partial charge in [0.25, 0.3) is 0 Å². The summed E-state index contributed by atoms with van der Waals surface area (Å²) < 4.78 is 5.42. The molecule has 0 amide bonds. The summed E-state index contributed by atoms with van der Waals surface area (Å²) in [5.74, 6) is 0.973. The Kier molecular flexibility index (Phi) is 3.11. The number of nitrogens with two attached hydrogens (primary N) is 1. The first kappa shape index (κ1) is 11.3. The molecule has 3 N–H and O–H groups in total. The van der Waals surface area contributed by atoms with Gasteiger partial charge in [0.2, 0.25) is 5.89 Å². The minimum atomic E-state index is -0.236. The van der Waals surface area contributed by atoms with Crippen molar-refractivity contribution in [3.8, 4) is 0 Å². The van der Waals surface area contributed by atoms with E-state index < -0.39 is 0 Å². The zero-order valence-electron chi connectivity index (χ0n) is 9.63. The van der Waals surface area contributed by atoms with E-state index in [0.29, 0.717) is 17.8 Å². The molecule has 1 heterocycles. The molecule has 6 heteroatoms. The van der Waals surface area contributed by atoms with Crippen LogP contribution in [0.2, 0.25) is 0 Å². The first-order valence-electron chi connectivity index (χ1n) is 5.54. The molecule has 1 saturated carbocycles. The van der Waals surface area contributed by atoms with Gasteiger partial charge in [-0.15, -0.1) is 5.10 Å². The monoisotopic (exact) mass is 226 g/mol. The van der Waals surface area contributed by atoms with Crippen LogP contribution >= 0.6 is 0 Å². The van der Waals surface area contributed by atoms with E-state index in [0.717, 1.165) is 19.4 Å². The minimum absolute atomic E-state index is 0.124. The topological polar surface area (TPSA) is 88.4 Å². The fourth-order valence-electron chi connectivity index (χ4n) is 1.88. The number of aliphatic hydroxyl groups is 1. The molecule has 16 heavy (non-hydrogen) atoms.